The predicted octanol–water partition coefficient (Wildman–Crippen LogP) is 8.59. The second kappa shape index (κ2) is 14.8. The molecule has 5 aromatic rings. The lowest BCUT2D eigenvalue weighted by Crippen LogP contribution is -2.31. The van der Waals surface area contributed by atoms with E-state index < -0.39 is 6.04 Å². The number of amides is 1. The number of nitrogens with one attached hydrogen (secondary N) is 1. The highest BCUT2D eigenvalue weighted by Crippen LogP contribution is 2.36. The number of hydrogen-bond donors (Lipinski definition) is 1. The van der Waals surface area contributed by atoms with Crippen molar-refractivity contribution in [1.82, 2.24) is 20.1 Å². The summed E-state index contributed by atoms with van der Waals surface area (Å²) in [5.74, 6) is 0.477. The Bertz CT molecular complexity index is 1960. The molecular weight excluding hydrogens is 677 g/mol. The third-order valence-electron chi connectivity index (χ3n) is 7.75. The summed E-state index contributed by atoms with van der Waals surface area (Å²) in [5.41, 5.74) is 3.77. The Kier molecular flexibility index (Phi) is 10.4. The summed E-state index contributed by atoms with van der Waals surface area (Å²) in [6, 6.07) is 23.4. The zero-order valence-corrected chi connectivity index (χ0v) is 28.5. The molecule has 0 unspecified atom stereocenters. The number of fused-ring (bicyclic) bond motifs is 3. The standard InChI is InChI=1S/C35H30Cl3N5O3S/c1-2-23-18-25-32(24-11-6-7-12-26(24)36)39-19-30-41-42-33(43(30)35(25)47-23)29(40-34(45)22-15-16-27(37)28(38)17-22)13-8-14-31(44)46-20-21-9-4-3-5-10-21/h3-7,9-12,15-18,29H,2,8,13-14,19-20H2,1H3,(H,40,45)/t29-/m1/s1. The maximum atomic E-state index is 13.6. The number of aryl methyl sites for hydroxylation is 1. The molecule has 1 atom stereocenters. The summed E-state index contributed by atoms with van der Waals surface area (Å²) < 4.78 is 7.48. The smallest absolute Gasteiger partial charge is 0.306 e. The van der Waals surface area contributed by atoms with E-state index in [0.29, 0.717) is 40.1 Å². The molecule has 6 rings (SSSR count). The van der Waals surface area contributed by atoms with E-state index in [-0.39, 0.29) is 36.5 Å². The fraction of sp³-hybridized carbons (Fsp3) is 0.229. The molecule has 0 saturated carbocycles. The number of thiophene rings is 1. The van der Waals surface area contributed by atoms with Crippen LogP contribution >= 0.6 is 46.1 Å². The van der Waals surface area contributed by atoms with Gasteiger partial charge in [-0.3, -0.25) is 19.1 Å². The van der Waals surface area contributed by atoms with Crippen LogP contribution in [0.1, 0.15) is 75.8 Å². The second-order valence-corrected chi connectivity index (χ2v) is 13.3. The number of carbonyl (C=O) groups excluding carboxylic acids is 2. The molecule has 8 nitrogen and oxygen atoms in total. The van der Waals surface area contributed by atoms with Crippen LogP contribution in [0, 0.1) is 0 Å². The first-order valence-electron chi connectivity index (χ1n) is 15.1. The zero-order chi connectivity index (χ0) is 32.9. The van der Waals surface area contributed by atoms with E-state index >= 15 is 0 Å². The third-order valence-corrected chi connectivity index (χ3v) is 10.1. The maximum Gasteiger partial charge on any atom is 0.306 e. The fourth-order valence-corrected chi connectivity index (χ4v) is 6.99. The first-order valence-corrected chi connectivity index (χ1v) is 17.1. The molecule has 1 aliphatic heterocycles. The Labute approximate surface area is 291 Å². The summed E-state index contributed by atoms with van der Waals surface area (Å²) in [4.78, 5) is 32.4. The largest absolute Gasteiger partial charge is 0.461 e. The molecule has 0 bridgehead atoms. The number of ether oxygens (including phenoxy) is 1. The summed E-state index contributed by atoms with van der Waals surface area (Å²) in [6.07, 6.45) is 1.81. The highest BCUT2D eigenvalue weighted by Gasteiger charge is 2.30. The number of aliphatic imine (C=N–C) groups is 1. The quantitative estimate of drug-likeness (QED) is 0.139. The van der Waals surface area contributed by atoms with E-state index in [0.717, 1.165) is 38.7 Å². The average Bonchev–Trinajstić information content (AvgIpc) is 3.67. The van der Waals surface area contributed by atoms with Crippen LogP contribution in [0.5, 0.6) is 0 Å². The Morgan fingerprint density at radius 1 is 0.936 bits per heavy atom. The molecule has 3 heterocycles. The molecule has 1 N–H and O–H groups in total. The van der Waals surface area contributed by atoms with E-state index in [2.05, 4.69) is 28.5 Å². The molecule has 240 valence electrons. The molecule has 12 heteroatoms. The van der Waals surface area contributed by atoms with Crippen LogP contribution in [0.2, 0.25) is 15.1 Å². The Balaban J connectivity index is 1.31. The van der Waals surface area contributed by atoms with Gasteiger partial charge in [0.1, 0.15) is 18.2 Å². The average molecular weight is 707 g/mol. The molecule has 3 aromatic carbocycles. The molecule has 1 aliphatic rings. The van der Waals surface area contributed by atoms with Crippen LogP contribution in [0.3, 0.4) is 0 Å². The van der Waals surface area contributed by atoms with Crippen LogP contribution in [0.4, 0.5) is 0 Å². The molecule has 0 saturated heterocycles. The predicted molar refractivity (Wildman–Crippen MR) is 186 cm³/mol. The van der Waals surface area contributed by atoms with Crippen molar-refractivity contribution in [3.63, 3.8) is 0 Å². The van der Waals surface area contributed by atoms with Gasteiger partial charge in [0.15, 0.2) is 11.6 Å². The number of rotatable bonds is 11. The highest BCUT2D eigenvalue weighted by molar-refractivity contribution is 7.15. The number of aromatic nitrogens is 3. The Morgan fingerprint density at radius 3 is 2.49 bits per heavy atom. The van der Waals surface area contributed by atoms with Crippen LogP contribution in [-0.4, -0.2) is 32.4 Å². The van der Waals surface area contributed by atoms with Gasteiger partial charge in [0.2, 0.25) is 0 Å². The minimum atomic E-state index is -0.609. The van der Waals surface area contributed by atoms with E-state index in [1.165, 1.54) is 6.07 Å². The molecular formula is C35H30Cl3N5O3S. The number of nitrogens with zero attached hydrogens (tertiary/aromatic N) is 4. The summed E-state index contributed by atoms with van der Waals surface area (Å²) in [7, 11) is 0. The molecule has 2 aromatic heterocycles. The van der Waals surface area contributed by atoms with Crippen LogP contribution < -0.4 is 5.32 Å². The van der Waals surface area contributed by atoms with Crippen molar-refractivity contribution in [2.24, 2.45) is 4.99 Å². The number of benzene rings is 3. The van der Waals surface area contributed by atoms with Gasteiger partial charge in [0.05, 0.1) is 21.8 Å². The van der Waals surface area contributed by atoms with Crippen molar-refractivity contribution in [2.45, 2.75) is 51.8 Å². The van der Waals surface area contributed by atoms with Crippen molar-refractivity contribution in [1.29, 1.82) is 0 Å². The highest BCUT2D eigenvalue weighted by atomic mass is 35.5. The van der Waals surface area contributed by atoms with E-state index in [4.69, 9.17) is 44.5 Å². The number of carbonyl (C=O) groups is 2. The van der Waals surface area contributed by atoms with E-state index in [1.54, 1.807) is 23.5 Å². The zero-order valence-electron chi connectivity index (χ0n) is 25.4. The topological polar surface area (TPSA) is 98.5 Å². The van der Waals surface area contributed by atoms with Gasteiger partial charge in [-0.15, -0.1) is 21.5 Å². The molecule has 0 spiro atoms. The van der Waals surface area contributed by atoms with Crippen molar-refractivity contribution < 1.29 is 14.3 Å². The maximum absolute atomic E-state index is 13.6. The van der Waals surface area contributed by atoms with Crippen molar-refractivity contribution in [3.05, 3.63) is 133 Å². The van der Waals surface area contributed by atoms with Gasteiger partial charge < -0.3 is 10.1 Å². The first kappa shape index (κ1) is 32.9. The summed E-state index contributed by atoms with van der Waals surface area (Å²) in [5, 5.41) is 14.4. The monoisotopic (exact) mass is 705 g/mol. The number of esters is 1. The third kappa shape index (κ3) is 7.44. The van der Waals surface area contributed by atoms with Crippen LogP contribution in [-0.2, 0) is 29.1 Å². The van der Waals surface area contributed by atoms with Gasteiger partial charge in [-0.2, -0.15) is 0 Å². The lowest BCUT2D eigenvalue weighted by Gasteiger charge is -2.20. The second-order valence-electron chi connectivity index (χ2n) is 10.9. The molecule has 1 amide bonds. The Hall–Kier alpha value is -4.02. The molecule has 47 heavy (non-hydrogen) atoms. The van der Waals surface area contributed by atoms with E-state index in [9.17, 15) is 9.59 Å². The van der Waals surface area contributed by atoms with Gasteiger partial charge >= 0.3 is 5.97 Å². The lowest BCUT2D eigenvalue weighted by molar-refractivity contribution is -0.145. The number of halogens is 3. The van der Waals surface area contributed by atoms with Gasteiger partial charge in [-0.1, -0.05) is 90.3 Å². The molecule has 0 aliphatic carbocycles. The van der Waals surface area contributed by atoms with Gasteiger partial charge in [-0.25, -0.2) is 0 Å². The van der Waals surface area contributed by atoms with Crippen molar-refractivity contribution in [3.8, 4) is 5.00 Å². The Morgan fingerprint density at radius 2 is 1.72 bits per heavy atom. The van der Waals surface area contributed by atoms with Gasteiger partial charge in [0.25, 0.3) is 5.91 Å². The minimum Gasteiger partial charge on any atom is -0.461 e. The lowest BCUT2D eigenvalue weighted by atomic mass is 10.0. The molecule has 0 radical (unpaired) electrons. The van der Waals surface area contributed by atoms with Gasteiger partial charge in [-0.05, 0) is 55.2 Å². The normalized spacial score (nSPS) is 12.8. The SMILES string of the molecule is CCc1cc2c(s1)-n1c(nnc1[C@@H](CCCC(=O)OCc1ccccc1)NC(=O)c1ccc(Cl)c(Cl)c1)CN=C2c1ccccc1Cl. The van der Waals surface area contributed by atoms with Crippen LogP contribution in [0.25, 0.3) is 5.00 Å². The first-order chi connectivity index (χ1) is 22.8. The van der Waals surface area contributed by atoms with Crippen LogP contribution in [0.15, 0.2) is 83.9 Å². The van der Waals surface area contributed by atoms with Gasteiger partial charge in [0, 0.05) is 33.0 Å². The van der Waals surface area contributed by atoms with E-state index in [1.807, 2.05) is 59.2 Å². The summed E-state index contributed by atoms with van der Waals surface area (Å²) >= 11 is 20.6. The number of hydrogen-bond acceptors (Lipinski definition) is 7. The van der Waals surface area contributed by atoms with Crippen molar-refractivity contribution in [2.75, 3.05) is 0 Å². The summed E-state index contributed by atoms with van der Waals surface area (Å²) in [6.45, 7) is 2.56. The van der Waals surface area contributed by atoms with Crippen molar-refractivity contribution >= 4 is 63.7 Å². The fourth-order valence-electron chi connectivity index (χ4n) is 5.35. The minimum absolute atomic E-state index is 0.164. The molecule has 0 fully saturated rings.